The summed E-state index contributed by atoms with van der Waals surface area (Å²) in [7, 11) is 0. The molecular formula is C29H22FN3O. The predicted octanol–water partition coefficient (Wildman–Crippen LogP) is 6.75. The summed E-state index contributed by atoms with van der Waals surface area (Å²) in [5.41, 5.74) is 5.74. The number of nitriles is 2. The Labute approximate surface area is 198 Å². The summed E-state index contributed by atoms with van der Waals surface area (Å²) in [5.74, 6) is 0.280. The molecule has 34 heavy (non-hydrogen) atoms. The van der Waals surface area contributed by atoms with Gasteiger partial charge in [-0.25, -0.2) is 4.39 Å². The fraction of sp³-hybridized carbons (Fsp3) is 0.103. The van der Waals surface area contributed by atoms with E-state index in [1.807, 2.05) is 62.4 Å². The fourth-order valence-corrected chi connectivity index (χ4v) is 3.94. The van der Waals surface area contributed by atoms with E-state index in [9.17, 15) is 14.9 Å². The van der Waals surface area contributed by atoms with Crippen LogP contribution in [0.15, 0.2) is 78.9 Å². The van der Waals surface area contributed by atoms with Crippen molar-refractivity contribution in [3.8, 4) is 23.6 Å². The van der Waals surface area contributed by atoms with Gasteiger partial charge in [-0.15, -0.1) is 0 Å². The van der Waals surface area contributed by atoms with Gasteiger partial charge in [-0.3, -0.25) is 0 Å². The molecule has 4 nitrogen and oxygen atoms in total. The van der Waals surface area contributed by atoms with Crippen molar-refractivity contribution in [2.75, 3.05) is 0 Å². The van der Waals surface area contributed by atoms with E-state index in [2.05, 4.69) is 16.7 Å². The zero-order valence-electron chi connectivity index (χ0n) is 18.9. The number of allylic oxidation sites excluding steroid dienone is 1. The minimum absolute atomic E-state index is 0.278. The highest BCUT2D eigenvalue weighted by Crippen LogP contribution is 2.27. The molecule has 0 aliphatic heterocycles. The summed E-state index contributed by atoms with van der Waals surface area (Å²) in [6.07, 6.45) is 1.72. The maximum absolute atomic E-state index is 14.2. The molecule has 0 radical (unpaired) electrons. The van der Waals surface area contributed by atoms with Crippen molar-refractivity contribution >= 4 is 11.6 Å². The van der Waals surface area contributed by atoms with E-state index in [0.717, 1.165) is 28.2 Å². The normalized spacial score (nSPS) is 11.0. The first-order chi connectivity index (χ1) is 16.5. The molecule has 0 spiro atoms. The average molecular weight is 448 g/mol. The maximum atomic E-state index is 14.2. The lowest BCUT2D eigenvalue weighted by Gasteiger charge is -2.12. The van der Waals surface area contributed by atoms with Crippen LogP contribution in [0.25, 0.3) is 17.3 Å². The fourth-order valence-electron chi connectivity index (χ4n) is 3.94. The third-order valence-corrected chi connectivity index (χ3v) is 5.68. The molecule has 4 rings (SSSR count). The molecule has 5 heteroatoms. The number of aromatic nitrogens is 1. The second kappa shape index (κ2) is 9.90. The second-order valence-corrected chi connectivity index (χ2v) is 7.86. The van der Waals surface area contributed by atoms with Crippen molar-refractivity contribution in [1.29, 1.82) is 10.5 Å². The summed E-state index contributed by atoms with van der Waals surface area (Å²) in [5, 5.41) is 18.9. The summed E-state index contributed by atoms with van der Waals surface area (Å²) >= 11 is 0. The number of aryl methyl sites for hydroxylation is 1. The van der Waals surface area contributed by atoms with E-state index in [0.29, 0.717) is 17.9 Å². The Kier molecular flexibility index (Phi) is 6.57. The quantitative estimate of drug-likeness (QED) is 0.307. The van der Waals surface area contributed by atoms with Crippen LogP contribution in [-0.4, -0.2) is 4.57 Å². The van der Waals surface area contributed by atoms with Gasteiger partial charge < -0.3 is 9.30 Å². The highest BCUT2D eigenvalue weighted by molar-refractivity contribution is 5.90. The summed E-state index contributed by atoms with van der Waals surface area (Å²) in [6.45, 7) is 4.27. The minimum atomic E-state index is -0.419. The number of hydrogen-bond donors (Lipinski definition) is 0. The van der Waals surface area contributed by atoms with Gasteiger partial charge in [0.25, 0.3) is 0 Å². The van der Waals surface area contributed by atoms with Crippen LogP contribution < -0.4 is 4.74 Å². The Hall–Kier alpha value is -4.61. The van der Waals surface area contributed by atoms with Crippen LogP contribution in [-0.2, 0) is 6.61 Å². The topological polar surface area (TPSA) is 61.7 Å². The first-order valence-electron chi connectivity index (χ1n) is 10.8. The molecule has 0 N–H and O–H groups in total. The monoisotopic (exact) mass is 447 g/mol. The van der Waals surface area contributed by atoms with Crippen LogP contribution in [0, 0.1) is 42.3 Å². The van der Waals surface area contributed by atoms with E-state index in [-0.39, 0.29) is 11.1 Å². The molecule has 4 aromatic rings. The third kappa shape index (κ3) is 4.60. The zero-order valence-corrected chi connectivity index (χ0v) is 18.9. The van der Waals surface area contributed by atoms with Crippen molar-refractivity contribution < 1.29 is 9.13 Å². The van der Waals surface area contributed by atoms with Crippen molar-refractivity contribution in [2.45, 2.75) is 20.5 Å². The number of rotatable bonds is 6. The van der Waals surface area contributed by atoms with Gasteiger partial charge in [0, 0.05) is 28.2 Å². The minimum Gasteiger partial charge on any atom is -0.489 e. The maximum Gasteiger partial charge on any atom is 0.131 e. The van der Waals surface area contributed by atoms with Crippen LogP contribution in [0.5, 0.6) is 5.75 Å². The third-order valence-electron chi connectivity index (χ3n) is 5.68. The highest BCUT2D eigenvalue weighted by Gasteiger charge is 2.13. The Morgan fingerprint density at radius 2 is 1.68 bits per heavy atom. The van der Waals surface area contributed by atoms with Crippen LogP contribution >= 0.6 is 0 Å². The molecule has 1 heterocycles. The van der Waals surface area contributed by atoms with Crippen LogP contribution in [0.1, 0.15) is 33.6 Å². The summed E-state index contributed by atoms with van der Waals surface area (Å²) in [6, 6.07) is 27.6. The highest BCUT2D eigenvalue weighted by atomic mass is 19.1. The standard InChI is InChI=1S/C29H22FN3O/c1-20-15-24(16-25(18-32)28-9-5-6-10-29(28)30)21(2)33(20)26-11-13-27(14-12-26)34-19-23-8-4-3-7-22(23)17-31/h3-16H,19H2,1-2H3. The molecule has 1 aromatic heterocycles. The molecular weight excluding hydrogens is 425 g/mol. The second-order valence-electron chi connectivity index (χ2n) is 7.86. The molecule has 0 unspecified atom stereocenters. The summed E-state index contributed by atoms with van der Waals surface area (Å²) in [4.78, 5) is 0. The SMILES string of the molecule is Cc1cc(C=C(C#N)c2ccccc2F)c(C)n1-c1ccc(OCc2ccccc2C#N)cc1. The number of benzene rings is 3. The van der Waals surface area contributed by atoms with E-state index in [4.69, 9.17) is 4.74 Å². The van der Waals surface area contributed by atoms with Gasteiger partial charge in [-0.05, 0) is 68.0 Å². The molecule has 0 fully saturated rings. The Bertz CT molecular complexity index is 1450. The molecule has 0 saturated carbocycles. The number of nitrogens with zero attached hydrogens (tertiary/aromatic N) is 3. The van der Waals surface area contributed by atoms with Crippen molar-refractivity contribution in [3.63, 3.8) is 0 Å². The largest absolute Gasteiger partial charge is 0.489 e. The van der Waals surface area contributed by atoms with E-state index < -0.39 is 5.82 Å². The van der Waals surface area contributed by atoms with Gasteiger partial charge in [-0.1, -0.05) is 36.4 Å². The average Bonchev–Trinajstić information content (AvgIpc) is 3.14. The van der Waals surface area contributed by atoms with Gasteiger partial charge in [0.1, 0.15) is 18.2 Å². The molecule has 0 aliphatic rings. The molecule has 0 amide bonds. The van der Waals surface area contributed by atoms with Gasteiger partial charge in [0.05, 0.1) is 23.3 Å². The van der Waals surface area contributed by atoms with E-state index in [1.165, 1.54) is 6.07 Å². The number of halogens is 1. The van der Waals surface area contributed by atoms with Crippen molar-refractivity contribution in [2.24, 2.45) is 0 Å². The smallest absolute Gasteiger partial charge is 0.131 e. The van der Waals surface area contributed by atoms with Crippen molar-refractivity contribution in [1.82, 2.24) is 4.57 Å². The van der Waals surface area contributed by atoms with E-state index >= 15 is 0 Å². The van der Waals surface area contributed by atoms with Crippen LogP contribution in [0.3, 0.4) is 0 Å². The Morgan fingerprint density at radius 3 is 2.38 bits per heavy atom. The number of ether oxygens (including phenoxy) is 1. The lowest BCUT2D eigenvalue weighted by Crippen LogP contribution is -2.01. The van der Waals surface area contributed by atoms with Gasteiger partial charge in [0.2, 0.25) is 0 Å². The molecule has 3 aromatic carbocycles. The lowest BCUT2D eigenvalue weighted by atomic mass is 10.0. The zero-order chi connectivity index (χ0) is 24.1. The number of hydrogen-bond acceptors (Lipinski definition) is 3. The Morgan fingerprint density at radius 1 is 0.971 bits per heavy atom. The van der Waals surface area contributed by atoms with Gasteiger partial charge >= 0.3 is 0 Å². The van der Waals surface area contributed by atoms with Gasteiger partial charge in [0.15, 0.2) is 0 Å². The molecule has 0 bridgehead atoms. The molecule has 0 atom stereocenters. The predicted molar refractivity (Wildman–Crippen MR) is 131 cm³/mol. The summed E-state index contributed by atoms with van der Waals surface area (Å²) < 4.78 is 22.2. The van der Waals surface area contributed by atoms with Crippen LogP contribution in [0.4, 0.5) is 4.39 Å². The van der Waals surface area contributed by atoms with Crippen molar-refractivity contribution in [3.05, 3.63) is 118 Å². The Balaban J connectivity index is 1.58. The first kappa shape index (κ1) is 22.6. The molecule has 0 aliphatic carbocycles. The molecule has 0 saturated heterocycles. The van der Waals surface area contributed by atoms with E-state index in [1.54, 1.807) is 30.3 Å². The lowest BCUT2D eigenvalue weighted by molar-refractivity contribution is 0.306. The van der Waals surface area contributed by atoms with Gasteiger partial charge in [-0.2, -0.15) is 10.5 Å². The first-order valence-corrected chi connectivity index (χ1v) is 10.8. The molecule has 166 valence electrons. The van der Waals surface area contributed by atoms with Crippen LogP contribution in [0.2, 0.25) is 0 Å².